The molecular formula is C18H22N2O6. The lowest BCUT2D eigenvalue weighted by Gasteiger charge is -2.22. The first kappa shape index (κ1) is 18.0. The number of esters is 1. The van der Waals surface area contributed by atoms with Gasteiger partial charge in [0.15, 0.2) is 18.1 Å². The monoisotopic (exact) mass is 362 g/mol. The van der Waals surface area contributed by atoms with Crippen molar-refractivity contribution >= 4 is 23.5 Å². The van der Waals surface area contributed by atoms with E-state index < -0.39 is 11.9 Å². The summed E-state index contributed by atoms with van der Waals surface area (Å²) in [5.41, 5.74) is 0.645. The van der Waals surface area contributed by atoms with Crippen molar-refractivity contribution in [3.05, 3.63) is 18.2 Å². The van der Waals surface area contributed by atoms with Crippen molar-refractivity contribution in [1.82, 2.24) is 5.32 Å². The zero-order valence-electron chi connectivity index (χ0n) is 14.8. The molecule has 0 radical (unpaired) electrons. The molecule has 26 heavy (non-hydrogen) atoms. The second-order valence-corrected chi connectivity index (χ2v) is 6.56. The van der Waals surface area contributed by atoms with E-state index in [1.54, 1.807) is 18.2 Å². The number of hydrogen-bond acceptors (Lipinski definition) is 6. The number of rotatable bonds is 5. The van der Waals surface area contributed by atoms with E-state index in [9.17, 15) is 14.4 Å². The molecule has 8 heteroatoms. The summed E-state index contributed by atoms with van der Waals surface area (Å²) in [4.78, 5) is 37.6. The van der Waals surface area contributed by atoms with E-state index in [0.29, 0.717) is 30.4 Å². The largest absolute Gasteiger partial charge is 0.486 e. The Morgan fingerprint density at radius 3 is 2.73 bits per heavy atom. The van der Waals surface area contributed by atoms with E-state index in [2.05, 4.69) is 5.32 Å². The highest BCUT2D eigenvalue weighted by atomic mass is 16.6. The van der Waals surface area contributed by atoms with Crippen LogP contribution in [0.5, 0.6) is 11.5 Å². The fourth-order valence-corrected chi connectivity index (χ4v) is 2.93. The Kier molecular flexibility index (Phi) is 5.29. The number of nitrogens with one attached hydrogen (secondary N) is 1. The summed E-state index contributed by atoms with van der Waals surface area (Å²) in [6, 6.07) is 5.21. The quantitative estimate of drug-likeness (QED) is 0.782. The summed E-state index contributed by atoms with van der Waals surface area (Å²) in [5, 5.41) is 2.64. The van der Waals surface area contributed by atoms with Crippen molar-refractivity contribution in [2.75, 3.05) is 31.3 Å². The minimum absolute atomic E-state index is 0.0278. The molecule has 3 rings (SSSR count). The predicted octanol–water partition coefficient (Wildman–Crippen LogP) is 0.878. The second-order valence-electron chi connectivity index (χ2n) is 6.56. The van der Waals surface area contributed by atoms with E-state index in [1.807, 2.05) is 13.8 Å². The lowest BCUT2D eigenvalue weighted by Crippen LogP contribution is -2.35. The smallest absolute Gasteiger partial charge is 0.311 e. The first-order chi connectivity index (χ1) is 12.4. The van der Waals surface area contributed by atoms with E-state index in [1.165, 1.54) is 4.90 Å². The summed E-state index contributed by atoms with van der Waals surface area (Å²) in [5.74, 6) is -0.451. The van der Waals surface area contributed by atoms with Crippen LogP contribution in [-0.4, -0.2) is 50.2 Å². The van der Waals surface area contributed by atoms with Gasteiger partial charge in [-0.1, -0.05) is 0 Å². The Bertz CT molecular complexity index is 718. The number of fused-ring (bicyclic) bond motifs is 1. The van der Waals surface area contributed by atoms with Gasteiger partial charge in [0.1, 0.15) is 13.2 Å². The maximum Gasteiger partial charge on any atom is 0.311 e. The van der Waals surface area contributed by atoms with E-state index in [4.69, 9.17) is 14.2 Å². The van der Waals surface area contributed by atoms with Gasteiger partial charge in [-0.2, -0.15) is 0 Å². The fourth-order valence-electron chi connectivity index (χ4n) is 2.93. The van der Waals surface area contributed by atoms with Gasteiger partial charge in [0.25, 0.3) is 5.91 Å². The summed E-state index contributed by atoms with van der Waals surface area (Å²) in [7, 11) is 0. The molecule has 0 aliphatic carbocycles. The van der Waals surface area contributed by atoms with Gasteiger partial charge in [-0.15, -0.1) is 0 Å². The van der Waals surface area contributed by atoms with Gasteiger partial charge < -0.3 is 24.4 Å². The van der Waals surface area contributed by atoms with Crippen molar-refractivity contribution in [2.24, 2.45) is 5.92 Å². The van der Waals surface area contributed by atoms with Crippen LogP contribution in [0, 0.1) is 5.92 Å². The van der Waals surface area contributed by atoms with Crippen LogP contribution in [0.15, 0.2) is 18.2 Å². The van der Waals surface area contributed by atoms with Crippen molar-refractivity contribution in [3.63, 3.8) is 0 Å². The molecule has 1 fully saturated rings. The van der Waals surface area contributed by atoms with Crippen LogP contribution in [-0.2, 0) is 19.1 Å². The molecule has 1 aromatic carbocycles. The maximum atomic E-state index is 12.3. The average Bonchev–Trinajstić information content (AvgIpc) is 3.00. The second kappa shape index (κ2) is 7.63. The van der Waals surface area contributed by atoms with Crippen LogP contribution in [0.1, 0.15) is 20.3 Å². The molecule has 0 bridgehead atoms. The molecule has 2 heterocycles. The zero-order valence-corrected chi connectivity index (χ0v) is 14.8. The maximum absolute atomic E-state index is 12.3. The molecule has 8 nitrogen and oxygen atoms in total. The van der Waals surface area contributed by atoms with Crippen molar-refractivity contribution in [3.8, 4) is 11.5 Å². The molecule has 0 aromatic heterocycles. The minimum atomic E-state index is -0.595. The number of carbonyl (C=O) groups excluding carboxylic acids is 3. The number of carbonyl (C=O) groups is 3. The number of anilines is 1. The molecule has 0 spiro atoms. The molecule has 1 saturated heterocycles. The third-order valence-electron chi connectivity index (χ3n) is 4.09. The summed E-state index contributed by atoms with van der Waals surface area (Å²) in [6.07, 6.45) is 0.0546. The molecule has 0 saturated carbocycles. The van der Waals surface area contributed by atoms with E-state index in [0.717, 1.165) is 0 Å². The molecule has 1 aromatic rings. The summed E-state index contributed by atoms with van der Waals surface area (Å²) >= 11 is 0. The highest BCUT2D eigenvalue weighted by Gasteiger charge is 2.36. The van der Waals surface area contributed by atoms with Crippen LogP contribution < -0.4 is 19.7 Å². The molecular weight excluding hydrogens is 340 g/mol. The fraction of sp³-hybridized carbons (Fsp3) is 0.500. The van der Waals surface area contributed by atoms with Crippen molar-refractivity contribution in [2.45, 2.75) is 26.3 Å². The van der Waals surface area contributed by atoms with Gasteiger partial charge >= 0.3 is 5.97 Å². The van der Waals surface area contributed by atoms with Crippen LogP contribution in [0.2, 0.25) is 0 Å². The van der Waals surface area contributed by atoms with E-state index >= 15 is 0 Å². The number of hydrogen-bond donors (Lipinski definition) is 1. The zero-order chi connectivity index (χ0) is 18.7. The van der Waals surface area contributed by atoms with Crippen molar-refractivity contribution < 1.29 is 28.6 Å². The third kappa shape index (κ3) is 4.07. The van der Waals surface area contributed by atoms with Crippen LogP contribution in [0.3, 0.4) is 0 Å². The Morgan fingerprint density at radius 1 is 1.27 bits per heavy atom. The summed E-state index contributed by atoms with van der Waals surface area (Å²) in [6.45, 7) is 4.46. The van der Waals surface area contributed by atoms with Crippen LogP contribution in [0.25, 0.3) is 0 Å². The number of nitrogens with zero attached hydrogens (tertiary/aromatic N) is 1. The Labute approximate surface area is 151 Å². The van der Waals surface area contributed by atoms with Gasteiger partial charge in [0, 0.05) is 30.8 Å². The van der Waals surface area contributed by atoms with Crippen LogP contribution in [0.4, 0.5) is 5.69 Å². The van der Waals surface area contributed by atoms with Gasteiger partial charge in [-0.05, 0) is 26.0 Å². The standard InChI is InChI=1S/C18H22N2O6/c1-11(2)19-16(21)10-26-18(23)12-7-17(22)20(9-12)13-3-4-14-15(8-13)25-6-5-24-14/h3-4,8,11-12H,5-7,9-10H2,1-2H3,(H,19,21)/t12-/m0/s1. The van der Waals surface area contributed by atoms with E-state index in [-0.39, 0.29) is 37.4 Å². The molecule has 1 atom stereocenters. The SMILES string of the molecule is CC(C)NC(=O)COC(=O)[C@H]1CC(=O)N(c2ccc3c(c2)OCCO3)C1. The molecule has 2 amide bonds. The van der Waals surface area contributed by atoms with Gasteiger partial charge in [-0.3, -0.25) is 14.4 Å². The lowest BCUT2D eigenvalue weighted by molar-refractivity contribution is -0.152. The Balaban J connectivity index is 1.60. The van der Waals surface area contributed by atoms with Gasteiger partial charge in [-0.25, -0.2) is 0 Å². The summed E-state index contributed by atoms with van der Waals surface area (Å²) < 4.78 is 16.0. The average molecular weight is 362 g/mol. The normalized spacial score (nSPS) is 18.8. The number of benzene rings is 1. The molecule has 2 aliphatic rings. The Hall–Kier alpha value is -2.77. The first-order valence-electron chi connectivity index (χ1n) is 8.60. The molecule has 0 unspecified atom stereocenters. The number of ether oxygens (including phenoxy) is 3. The van der Waals surface area contributed by atoms with Crippen molar-refractivity contribution in [1.29, 1.82) is 0 Å². The van der Waals surface area contributed by atoms with Crippen LogP contribution >= 0.6 is 0 Å². The molecule has 1 N–H and O–H groups in total. The highest BCUT2D eigenvalue weighted by Crippen LogP contribution is 2.36. The van der Waals surface area contributed by atoms with Gasteiger partial charge in [0.05, 0.1) is 5.92 Å². The molecule has 2 aliphatic heterocycles. The minimum Gasteiger partial charge on any atom is -0.486 e. The Morgan fingerprint density at radius 2 is 2.00 bits per heavy atom. The topological polar surface area (TPSA) is 94.2 Å². The molecule has 140 valence electrons. The first-order valence-corrected chi connectivity index (χ1v) is 8.60. The number of amides is 2. The highest BCUT2D eigenvalue weighted by molar-refractivity contribution is 5.99. The predicted molar refractivity (Wildman–Crippen MR) is 92.1 cm³/mol. The third-order valence-corrected chi connectivity index (χ3v) is 4.09. The lowest BCUT2D eigenvalue weighted by atomic mass is 10.1. The van der Waals surface area contributed by atoms with Gasteiger partial charge in [0.2, 0.25) is 5.91 Å².